The second-order valence-electron chi connectivity index (χ2n) is 3.80. The number of carbonyl (C=O) groups excluding carboxylic acids is 2. The van der Waals surface area contributed by atoms with Gasteiger partial charge in [-0.05, 0) is 6.42 Å². The molecule has 7 heteroatoms. The first kappa shape index (κ1) is 13.7. The average molecular weight is 245 g/mol. The Morgan fingerprint density at radius 1 is 1.53 bits per heavy atom. The summed E-state index contributed by atoms with van der Waals surface area (Å²) in [6.45, 7) is 1.95. The summed E-state index contributed by atoms with van der Waals surface area (Å²) < 4.78 is 9.56. The molecule has 0 aromatic carbocycles. The number of hydrogen-bond acceptors (Lipinski definition) is 5. The molecule has 1 rings (SSSR count). The van der Waals surface area contributed by atoms with E-state index in [1.54, 1.807) is 4.90 Å². The largest absolute Gasteiger partial charge is 0.453 e. The van der Waals surface area contributed by atoms with Crippen LogP contribution >= 0.6 is 0 Å². The van der Waals surface area contributed by atoms with Crippen molar-refractivity contribution in [2.45, 2.75) is 12.5 Å². The smallest absolute Gasteiger partial charge is 0.407 e. The molecule has 0 saturated carbocycles. The highest BCUT2D eigenvalue weighted by Crippen LogP contribution is 2.09. The van der Waals surface area contributed by atoms with Crippen molar-refractivity contribution >= 4 is 12.0 Å². The van der Waals surface area contributed by atoms with E-state index < -0.39 is 6.09 Å². The van der Waals surface area contributed by atoms with Crippen molar-refractivity contribution in [1.29, 1.82) is 0 Å². The molecule has 98 valence electrons. The summed E-state index contributed by atoms with van der Waals surface area (Å²) in [6.07, 6.45) is 0.265. The lowest BCUT2D eigenvalue weighted by Gasteiger charge is -2.16. The van der Waals surface area contributed by atoms with E-state index in [1.165, 1.54) is 7.11 Å². The summed E-state index contributed by atoms with van der Waals surface area (Å²) in [5, 5.41) is 2.66. The van der Waals surface area contributed by atoms with Crippen LogP contribution in [-0.4, -0.2) is 62.9 Å². The van der Waals surface area contributed by atoms with E-state index in [4.69, 9.17) is 10.5 Å². The van der Waals surface area contributed by atoms with E-state index >= 15 is 0 Å². The Labute approximate surface area is 100 Å². The van der Waals surface area contributed by atoms with Gasteiger partial charge in [-0.25, -0.2) is 4.79 Å². The minimum atomic E-state index is -0.469. The molecule has 1 saturated heterocycles. The zero-order valence-corrected chi connectivity index (χ0v) is 9.98. The molecule has 1 heterocycles. The van der Waals surface area contributed by atoms with Crippen LogP contribution in [0.3, 0.4) is 0 Å². The summed E-state index contributed by atoms with van der Waals surface area (Å²) >= 11 is 0. The van der Waals surface area contributed by atoms with Crippen molar-refractivity contribution in [2.75, 3.05) is 40.0 Å². The van der Waals surface area contributed by atoms with Gasteiger partial charge in [-0.3, -0.25) is 4.79 Å². The zero-order chi connectivity index (χ0) is 12.7. The molecule has 1 unspecified atom stereocenters. The van der Waals surface area contributed by atoms with Gasteiger partial charge in [-0.1, -0.05) is 0 Å². The topological polar surface area (TPSA) is 93.9 Å². The number of amides is 2. The lowest BCUT2D eigenvalue weighted by Crippen LogP contribution is -2.39. The van der Waals surface area contributed by atoms with Crippen molar-refractivity contribution in [3.63, 3.8) is 0 Å². The summed E-state index contributed by atoms with van der Waals surface area (Å²) in [5.41, 5.74) is 5.25. The Morgan fingerprint density at radius 2 is 2.29 bits per heavy atom. The van der Waals surface area contributed by atoms with Crippen LogP contribution in [0.15, 0.2) is 0 Å². The van der Waals surface area contributed by atoms with Crippen molar-refractivity contribution in [1.82, 2.24) is 10.2 Å². The van der Waals surface area contributed by atoms with Crippen molar-refractivity contribution in [3.8, 4) is 0 Å². The Hall–Kier alpha value is -1.34. The Morgan fingerprint density at radius 3 is 2.94 bits per heavy atom. The van der Waals surface area contributed by atoms with Crippen LogP contribution in [0.1, 0.15) is 6.42 Å². The van der Waals surface area contributed by atoms with Gasteiger partial charge >= 0.3 is 6.09 Å². The minimum absolute atomic E-state index is 0.0408. The fourth-order valence-corrected chi connectivity index (χ4v) is 1.66. The van der Waals surface area contributed by atoms with Crippen LogP contribution in [-0.2, 0) is 14.3 Å². The molecule has 7 nitrogen and oxygen atoms in total. The van der Waals surface area contributed by atoms with Crippen LogP contribution in [0.5, 0.6) is 0 Å². The van der Waals surface area contributed by atoms with Gasteiger partial charge in [0.05, 0.1) is 19.8 Å². The maximum Gasteiger partial charge on any atom is 0.407 e. The first-order chi connectivity index (χ1) is 8.17. The number of nitrogens with two attached hydrogens (primary N) is 1. The number of ether oxygens (including phenoxy) is 2. The fraction of sp³-hybridized carbons (Fsp3) is 0.800. The van der Waals surface area contributed by atoms with Crippen LogP contribution in [0.2, 0.25) is 0 Å². The second kappa shape index (κ2) is 7.08. The van der Waals surface area contributed by atoms with Crippen LogP contribution in [0, 0.1) is 0 Å². The highest BCUT2D eigenvalue weighted by molar-refractivity contribution is 5.78. The number of nitrogens with zero attached hydrogens (tertiary/aromatic N) is 1. The molecule has 1 fully saturated rings. The quantitative estimate of drug-likeness (QED) is 0.601. The number of alkyl carbamates (subject to hydrolysis) is 1. The number of nitrogens with one attached hydrogen (secondary N) is 1. The maximum atomic E-state index is 11.6. The Balaban J connectivity index is 2.24. The number of methoxy groups -OCH3 is 1. The van der Waals surface area contributed by atoms with Gasteiger partial charge < -0.3 is 25.4 Å². The van der Waals surface area contributed by atoms with E-state index in [0.29, 0.717) is 26.2 Å². The number of likely N-dealkylation sites (tertiary alicyclic amines) is 1. The summed E-state index contributed by atoms with van der Waals surface area (Å²) in [4.78, 5) is 24.3. The molecule has 0 bridgehead atoms. The van der Waals surface area contributed by atoms with Gasteiger partial charge in [0.2, 0.25) is 5.91 Å². The fourth-order valence-electron chi connectivity index (χ4n) is 1.66. The highest BCUT2D eigenvalue weighted by atomic mass is 16.5. The second-order valence-corrected chi connectivity index (χ2v) is 3.80. The summed E-state index contributed by atoms with van der Waals surface area (Å²) in [7, 11) is 1.31. The standard InChI is InChI=1S/C10H19N3O4/c1-16-10(15)12-8-2-4-13(6-8)9(14)7-17-5-3-11/h8H,2-7,11H2,1H3,(H,12,15). The number of carbonyl (C=O) groups is 2. The molecule has 2 amide bonds. The zero-order valence-electron chi connectivity index (χ0n) is 9.98. The molecular weight excluding hydrogens is 226 g/mol. The SMILES string of the molecule is COC(=O)NC1CCN(C(=O)COCCN)C1. The van der Waals surface area contributed by atoms with Gasteiger partial charge in [0.15, 0.2) is 0 Å². The highest BCUT2D eigenvalue weighted by Gasteiger charge is 2.27. The molecular formula is C10H19N3O4. The maximum absolute atomic E-state index is 11.6. The van der Waals surface area contributed by atoms with Gasteiger partial charge in [0.1, 0.15) is 6.61 Å². The van der Waals surface area contributed by atoms with Crippen molar-refractivity contribution < 1.29 is 19.1 Å². The lowest BCUT2D eigenvalue weighted by atomic mass is 10.3. The normalized spacial score (nSPS) is 19.2. The van der Waals surface area contributed by atoms with Crippen molar-refractivity contribution in [3.05, 3.63) is 0 Å². The first-order valence-corrected chi connectivity index (χ1v) is 5.57. The summed E-state index contributed by atoms with van der Waals surface area (Å²) in [5.74, 6) is -0.0763. The average Bonchev–Trinajstić information content (AvgIpc) is 2.77. The lowest BCUT2D eigenvalue weighted by molar-refractivity contribution is -0.135. The third-order valence-electron chi connectivity index (χ3n) is 2.54. The van der Waals surface area contributed by atoms with E-state index in [0.717, 1.165) is 6.42 Å². The van der Waals surface area contributed by atoms with Crippen LogP contribution < -0.4 is 11.1 Å². The monoisotopic (exact) mass is 245 g/mol. The molecule has 1 atom stereocenters. The van der Waals surface area contributed by atoms with Gasteiger partial charge in [0.25, 0.3) is 0 Å². The van der Waals surface area contributed by atoms with Gasteiger partial charge in [0, 0.05) is 19.6 Å². The van der Waals surface area contributed by atoms with Crippen molar-refractivity contribution in [2.24, 2.45) is 5.73 Å². The molecule has 0 spiro atoms. The molecule has 0 aliphatic carbocycles. The predicted octanol–water partition coefficient (Wildman–Crippen LogP) is -1.08. The van der Waals surface area contributed by atoms with E-state index in [1.807, 2.05) is 0 Å². The number of rotatable bonds is 5. The van der Waals surface area contributed by atoms with Gasteiger partial charge in [-0.15, -0.1) is 0 Å². The predicted molar refractivity (Wildman–Crippen MR) is 60.4 cm³/mol. The molecule has 17 heavy (non-hydrogen) atoms. The van der Waals surface area contributed by atoms with Crippen LogP contribution in [0.4, 0.5) is 4.79 Å². The third kappa shape index (κ3) is 4.58. The number of hydrogen-bond donors (Lipinski definition) is 2. The molecule has 0 aromatic heterocycles. The molecule has 1 aliphatic heterocycles. The molecule has 0 aromatic rings. The Bertz CT molecular complexity index is 272. The van der Waals surface area contributed by atoms with E-state index in [2.05, 4.69) is 10.1 Å². The van der Waals surface area contributed by atoms with Gasteiger partial charge in [-0.2, -0.15) is 0 Å². The third-order valence-corrected chi connectivity index (χ3v) is 2.54. The Kier molecular flexibility index (Phi) is 5.71. The van der Waals surface area contributed by atoms with E-state index in [-0.39, 0.29) is 18.6 Å². The molecule has 1 aliphatic rings. The van der Waals surface area contributed by atoms with Crippen LogP contribution in [0.25, 0.3) is 0 Å². The molecule has 0 radical (unpaired) electrons. The van der Waals surface area contributed by atoms with E-state index in [9.17, 15) is 9.59 Å². The summed E-state index contributed by atoms with van der Waals surface area (Å²) in [6, 6.07) is -0.0408. The minimum Gasteiger partial charge on any atom is -0.453 e. The molecule has 3 N–H and O–H groups in total. The first-order valence-electron chi connectivity index (χ1n) is 5.57.